The molecule has 33 heavy (non-hydrogen) atoms. The number of para-hydroxylation sites is 1. The number of likely N-dealkylation sites (N-methyl/N-ethyl adjacent to an activating group) is 1. The molecule has 174 valence electrons. The summed E-state index contributed by atoms with van der Waals surface area (Å²) in [4.78, 5) is 13.9. The van der Waals surface area contributed by atoms with Crippen LogP contribution in [0.2, 0.25) is 0 Å². The molecule has 0 atom stereocenters. The molecule has 0 radical (unpaired) electrons. The van der Waals surface area contributed by atoms with Crippen LogP contribution in [0.4, 0.5) is 17.5 Å². The lowest BCUT2D eigenvalue weighted by molar-refractivity contribution is 0.310. The Morgan fingerprint density at radius 2 is 1.82 bits per heavy atom. The SMILES string of the molecule is CN(C)c1nc(NC2CCC(NCc3ccc4c(c3)OCCN4C)CC2)nc2ccccc12. The molecule has 0 bridgehead atoms. The van der Waals surface area contributed by atoms with Gasteiger partial charge in [-0.15, -0.1) is 0 Å². The van der Waals surface area contributed by atoms with E-state index in [1.54, 1.807) is 0 Å². The van der Waals surface area contributed by atoms with Crippen molar-refractivity contribution in [2.75, 3.05) is 49.4 Å². The van der Waals surface area contributed by atoms with Gasteiger partial charge in [0.25, 0.3) is 0 Å². The first-order valence-corrected chi connectivity index (χ1v) is 12.0. The number of anilines is 3. The molecule has 0 spiro atoms. The van der Waals surface area contributed by atoms with Gasteiger partial charge in [-0.1, -0.05) is 18.2 Å². The van der Waals surface area contributed by atoms with Gasteiger partial charge in [0, 0.05) is 45.2 Å². The van der Waals surface area contributed by atoms with Gasteiger partial charge >= 0.3 is 0 Å². The van der Waals surface area contributed by atoms with E-state index in [1.165, 1.54) is 11.3 Å². The maximum atomic E-state index is 5.85. The van der Waals surface area contributed by atoms with Crippen LogP contribution >= 0.6 is 0 Å². The molecule has 1 saturated carbocycles. The highest BCUT2D eigenvalue weighted by Gasteiger charge is 2.22. The van der Waals surface area contributed by atoms with Gasteiger partial charge in [0.1, 0.15) is 18.2 Å². The predicted octanol–water partition coefficient (Wildman–Crippen LogP) is 4.04. The van der Waals surface area contributed by atoms with Gasteiger partial charge in [0.05, 0.1) is 17.7 Å². The Morgan fingerprint density at radius 1 is 1.03 bits per heavy atom. The van der Waals surface area contributed by atoms with E-state index in [0.29, 0.717) is 12.1 Å². The van der Waals surface area contributed by atoms with Crippen molar-refractivity contribution in [1.82, 2.24) is 15.3 Å². The van der Waals surface area contributed by atoms with Crippen molar-refractivity contribution in [3.63, 3.8) is 0 Å². The molecule has 2 N–H and O–H groups in total. The van der Waals surface area contributed by atoms with E-state index in [9.17, 15) is 0 Å². The molecule has 7 nitrogen and oxygen atoms in total. The summed E-state index contributed by atoms with van der Waals surface area (Å²) in [6.45, 7) is 2.58. The summed E-state index contributed by atoms with van der Waals surface area (Å²) < 4.78 is 5.85. The lowest BCUT2D eigenvalue weighted by Gasteiger charge is -2.30. The number of hydrogen-bond acceptors (Lipinski definition) is 7. The van der Waals surface area contributed by atoms with E-state index in [4.69, 9.17) is 14.7 Å². The number of fused-ring (bicyclic) bond motifs is 2. The number of nitrogens with zero attached hydrogens (tertiary/aromatic N) is 4. The topological polar surface area (TPSA) is 65.6 Å². The van der Waals surface area contributed by atoms with E-state index in [0.717, 1.165) is 73.8 Å². The zero-order chi connectivity index (χ0) is 22.8. The minimum Gasteiger partial charge on any atom is -0.490 e. The second-order valence-electron chi connectivity index (χ2n) is 9.43. The summed E-state index contributed by atoms with van der Waals surface area (Å²) >= 11 is 0. The van der Waals surface area contributed by atoms with Crippen LogP contribution in [0.5, 0.6) is 5.75 Å². The molecule has 0 unspecified atom stereocenters. The molecule has 2 heterocycles. The van der Waals surface area contributed by atoms with Crippen molar-refractivity contribution >= 4 is 28.4 Å². The highest BCUT2D eigenvalue weighted by atomic mass is 16.5. The molecule has 3 aromatic rings. The Balaban J connectivity index is 1.16. The Hall–Kier alpha value is -3.06. The number of hydrogen-bond donors (Lipinski definition) is 2. The van der Waals surface area contributed by atoms with Crippen molar-refractivity contribution in [1.29, 1.82) is 0 Å². The van der Waals surface area contributed by atoms with Crippen molar-refractivity contribution in [2.24, 2.45) is 0 Å². The lowest BCUT2D eigenvalue weighted by Crippen LogP contribution is -2.37. The second-order valence-corrected chi connectivity index (χ2v) is 9.43. The molecule has 7 heteroatoms. The van der Waals surface area contributed by atoms with Gasteiger partial charge in [-0.05, 0) is 55.5 Å². The van der Waals surface area contributed by atoms with Crippen LogP contribution in [0.15, 0.2) is 42.5 Å². The first-order valence-electron chi connectivity index (χ1n) is 12.0. The van der Waals surface area contributed by atoms with Gasteiger partial charge in [0.15, 0.2) is 0 Å². The van der Waals surface area contributed by atoms with Crippen LogP contribution in [-0.2, 0) is 6.54 Å². The van der Waals surface area contributed by atoms with Crippen LogP contribution in [-0.4, -0.2) is 56.3 Å². The Morgan fingerprint density at radius 3 is 2.64 bits per heavy atom. The van der Waals surface area contributed by atoms with Crippen LogP contribution < -0.4 is 25.2 Å². The molecule has 0 amide bonds. The second kappa shape index (κ2) is 9.43. The minimum atomic E-state index is 0.409. The summed E-state index contributed by atoms with van der Waals surface area (Å²) in [6.07, 6.45) is 4.53. The summed E-state index contributed by atoms with van der Waals surface area (Å²) in [5, 5.41) is 8.44. The fourth-order valence-corrected chi connectivity index (χ4v) is 4.86. The number of rotatable bonds is 6. The molecule has 5 rings (SSSR count). The van der Waals surface area contributed by atoms with Crippen LogP contribution in [0.3, 0.4) is 0 Å². The lowest BCUT2D eigenvalue weighted by atomic mass is 9.91. The summed E-state index contributed by atoms with van der Waals surface area (Å²) in [6, 6.07) is 15.7. The van der Waals surface area contributed by atoms with Crippen molar-refractivity contribution in [2.45, 2.75) is 44.3 Å². The Kier molecular flexibility index (Phi) is 6.22. The summed E-state index contributed by atoms with van der Waals surface area (Å²) in [5.41, 5.74) is 3.45. The first-order chi connectivity index (χ1) is 16.1. The van der Waals surface area contributed by atoms with Crippen LogP contribution in [0, 0.1) is 0 Å². The van der Waals surface area contributed by atoms with E-state index in [-0.39, 0.29) is 0 Å². The number of nitrogens with one attached hydrogen (secondary N) is 2. The third-order valence-electron chi connectivity index (χ3n) is 6.78. The minimum absolute atomic E-state index is 0.409. The van der Waals surface area contributed by atoms with E-state index in [1.807, 2.05) is 26.2 Å². The average molecular weight is 447 g/mol. The zero-order valence-electron chi connectivity index (χ0n) is 19.8. The van der Waals surface area contributed by atoms with Crippen LogP contribution in [0.25, 0.3) is 10.9 Å². The number of ether oxygens (including phenoxy) is 1. The predicted molar refractivity (Wildman–Crippen MR) is 136 cm³/mol. The van der Waals surface area contributed by atoms with Crippen molar-refractivity contribution < 1.29 is 4.74 Å². The fraction of sp³-hybridized carbons (Fsp3) is 0.462. The zero-order valence-corrected chi connectivity index (χ0v) is 19.8. The van der Waals surface area contributed by atoms with Gasteiger partial charge in [0.2, 0.25) is 5.95 Å². The van der Waals surface area contributed by atoms with E-state index in [2.05, 4.69) is 57.8 Å². The molecule has 1 aliphatic heterocycles. The van der Waals surface area contributed by atoms with E-state index < -0.39 is 0 Å². The van der Waals surface area contributed by atoms with Gasteiger partial charge < -0.3 is 25.2 Å². The molecule has 1 fully saturated rings. The quantitative estimate of drug-likeness (QED) is 0.592. The molecule has 1 aliphatic carbocycles. The third-order valence-corrected chi connectivity index (χ3v) is 6.78. The molecular formula is C26H34N6O. The monoisotopic (exact) mass is 446 g/mol. The largest absolute Gasteiger partial charge is 0.490 e. The highest BCUT2D eigenvalue weighted by molar-refractivity contribution is 5.90. The van der Waals surface area contributed by atoms with Gasteiger partial charge in [-0.3, -0.25) is 0 Å². The fourth-order valence-electron chi connectivity index (χ4n) is 4.86. The van der Waals surface area contributed by atoms with Crippen molar-refractivity contribution in [3.05, 3.63) is 48.0 Å². The van der Waals surface area contributed by atoms with Crippen LogP contribution in [0.1, 0.15) is 31.2 Å². The number of aromatic nitrogens is 2. The molecule has 1 aromatic heterocycles. The molecular weight excluding hydrogens is 412 g/mol. The smallest absolute Gasteiger partial charge is 0.225 e. The van der Waals surface area contributed by atoms with Gasteiger partial charge in [-0.25, -0.2) is 4.98 Å². The molecule has 0 saturated heterocycles. The maximum Gasteiger partial charge on any atom is 0.225 e. The average Bonchev–Trinajstić information content (AvgIpc) is 2.83. The highest BCUT2D eigenvalue weighted by Crippen LogP contribution is 2.32. The van der Waals surface area contributed by atoms with E-state index >= 15 is 0 Å². The summed E-state index contributed by atoms with van der Waals surface area (Å²) in [5.74, 6) is 2.69. The Labute approximate surface area is 196 Å². The molecule has 2 aliphatic rings. The third kappa shape index (κ3) is 4.83. The summed E-state index contributed by atoms with van der Waals surface area (Å²) in [7, 11) is 6.18. The normalized spacial score (nSPS) is 20.3. The first kappa shape index (κ1) is 21.8. The maximum absolute atomic E-state index is 5.85. The molecule has 2 aromatic carbocycles. The standard InChI is InChI=1S/C26H34N6O/c1-31(2)25-21-6-4-5-7-22(21)29-26(30-25)28-20-11-9-19(10-12-20)27-17-18-8-13-23-24(16-18)33-15-14-32(23)3/h4-8,13,16,19-20,27H,9-12,14-15,17H2,1-3H3,(H,28,29,30). The Bertz CT molecular complexity index is 1110. The van der Waals surface area contributed by atoms with Gasteiger partial charge in [-0.2, -0.15) is 4.98 Å². The number of benzene rings is 2. The van der Waals surface area contributed by atoms with Crippen molar-refractivity contribution in [3.8, 4) is 5.75 Å².